The molecule has 0 aliphatic heterocycles. The molecule has 0 unspecified atom stereocenters. The van der Waals surface area contributed by atoms with Gasteiger partial charge in [-0.05, 0) is 18.2 Å². The van der Waals surface area contributed by atoms with Crippen molar-refractivity contribution < 1.29 is 24.0 Å². The van der Waals surface area contributed by atoms with Crippen molar-refractivity contribution in [2.45, 2.75) is 6.54 Å². The van der Waals surface area contributed by atoms with Gasteiger partial charge in [0.05, 0.1) is 28.9 Å². The second kappa shape index (κ2) is 5.87. The van der Waals surface area contributed by atoms with Crippen molar-refractivity contribution >= 4 is 17.6 Å². The van der Waals surface area contributed by atoms with E-state index in [0.717, 1.165) is 18.2 Å². The Labute approximate surface area is 118 Å². The van der Waals surface area contributed by atoms with E-state index in [1.54, 1.807) is 12.1 Å². The largest absolute Gasteiger partial charge is 0.478 e. The number of hydrogen-bond acceptors (Lipinski definition) is 5. The number of carboxylic acid groups (broad SMARTS) is 1. The zero-order chi connectivity index (χ0) is 15.4. The number of benzene rings is 1. The first-order chi connectivity index (χ1) is 9.99. The van der Waals surface area contributed by atoms with Crippen LogP contribution in [0.1, 0.15) is 26.5 Å². The normalized spacial score (nSPS) is 10.1. The fourth-order valence-electron chi connectivity index (χ4n) is 1.70. The van der Waals surface area contributed by atoms with Crippen LogP contribution in [0.25, 0.3) is 0 Å². The molecule has 2 aromatic rings. The van der Waals surface area contributed by atoms with Gasteiger partial charge in [0.25, 0.3) is 11.6 Å². The van der Waals surface area contributed by atoms with E-state index in [2.05, 4.69) is 5.32 Å². The summed E-state index contributed by atoms with van der Waals surface area (Å²) in [4.78, 5) is 33.0. The van der Waals surface area contributed by atoms with E-state index in [1.807, 2.05) is 0 Å². The molecule has 21 heavy (non-hydrogen) atoms. The molecule has 8 heteroatoms. The summed E-state index contributed by atoms with van der Waals surface area (Å²) in [6, 6.07) is 6.34. The van der Waals surface area contributed by atoms with Crippen LogP contribution in [0.5, 0.6) is 0 Å². The number of hydrogen-bond donors (Lipinski definition) is 2. The van der Waals surface area contributed by atoms with Gasteiger partial charge in [0.2, 0.25) is 0 Å². The minimum Gasteiger partial charge on any atom is -0.478 e. The Hall–Kier alpha value is -3.16. The fraction of sp³-hybridized carbons (Fsp3) is 0.0769. The molecule has 1 heterocycles. The van der Waals surface area contributed by atoms with Crippen LogP contribution in [0.4, 0.5) is 5.69 Å². The number of nitro groups is 1. The molecule has 0 atom stereocenters. The molecule has 0 fully saturated rings. The van der Waals surface area contributed by atoms with Crippen LogP contribution in [0.15, 0.2) is 41.0 Å². The molecular weight excluding hydrogens is 280 g/mol. The first-order valence-electron chi connectivity index (χ1n) is 5.81. The van der Waals surface area contributed by atoms with Crippen molar-refractivity contribution in [1.29, 1.82) is 0 Å². The van der Waals surface area contributed by atoms with Crippen LogP contribution in [-0.4, -0.2) is 21.9 Å². The molecule has 8 nitrogen and oxygen atoms in total. The number of nitro benzene ring substituents is 1. The molecule has 0 radical (unpaired) electrons. The van der Waals surface area contributed by atoms with E-state index < -0.39 is 28.1 Å². The smallest absolute Gasteiger partial charge is 0.336 e. The predicted molar refractivity (Wildman–Crippen MR) is 69.9 cm³/mol. The second-order valence-electron chi connectivity index (χ2n) is 4.05. The van der Waals surface area contributed by atoms with E-state index in [1.165, 1.54) is 6.26 Å². The minimum absolute atomic E-state index is 0.0852. The molecule has 0 saturated heterocycles. The van der Waals surface area contributed by atoms with Gasteiger partial charge < -0.3 is 14.8 Å². The molecule has 2 rings (SSSR count). The molecule has 108 valence electrons. The molecule has 1 aromatic carbocycles. The first kappa shape index (κ1) is 14.3. The number of aromatic carboxylic acids is 1. The van der Waals surface area contributed by atoms with E-state index >= 15 is 0 Å². The monoisotopic (exact) mass is 290 g/mol. The number of nitrogens with one attached hydrogen (secondary N) is 1. The number of carbonyl (C=O) groups is 2. The molecule has 1 amide bonds. The summed E-state index contributed by atoms with van der Waals surface area (Å²) in [5.74, 6) is -1.57. The number of non-ortho nitro benzene ring substituents is 1. The summed E-state index contributed by atoms with van der Waals surface area (Å²) >= 11 is 0. The summed E-state index contributed by atoms with van der Waals surface area (Å²) in [5, 5.41) is 22.2. The summed E-state index contributed by atoms with van der Waals surface area (Å²) in [5.41, 5.74) is -0.976. The SMILES string of the molecule is O=C(O)c1cc([N+](=O)[O-])ccc1C(=O)NCc1ccco1. The van der Waals surface area contributed by atoms with Crippen molar-refractivity contribution in [2.75, 3.05) is 0 Å². The van der Waals surface area contributed by atoms with E-state index in [-0.39, 0.29) is 12.1 Å². The molecule has 0 aliphatic rings. The Morgan fingerprint density at radius 1 is 1.29 bits per heavy atom. The Bertz CT molecular complexity index is 693. The molecule has 0 saturated carbocycles. The highest BCUT2D eigenvalue weighted by Crippen LogP contribution is 2.18. The topological polar surface area (TPSA) is 123 Å². The minimum atomic E-state index is -1.41. The van der Waals surface area contributed by atoms with Crippen LogP contribution in [-0.2, 0) is 6.54 Å². The highest BCUT2D eigenvalue weighted by Gasteiger charge is 2.20. The van der Waals surface area contributed by atoms with Crippen LogP contribution in [0, 0.1) is 10.1 Å². The number of amides is 1. The van der Waals surface area contributed by atoms with Gasteiger partial charge >= 0.3 is 5.97 Å². The van der Waals surface area contributed by atoms with Crippen molar-refractivity contribution in [3.05, 3.63) is 63.6 Å². The molecular formula is C13H10N2O6. The lowest BCUT2D eigenvalue weighted by Crippen LogP contribution is -2.24. The van der Waals surface area contributed by atoms with Crippen LogP contribution < -0.4 is 5.32 Å². The van der Waals surface area contributed by atoms with Crippen LogP contribution in [0.3, 0.4) is 0 Å². The first-order valence-corrected chi connectivity index (χ1v) is 5.81. The number of rotatable bonds is 5. The molecule has 2 N–H and O–H groups in total. The van der Waals surface area contributed by atoms with Gasteiger partial charge in [0.15, 0.2) is 0 Å². The van der Waals surface area contributed by atoms with Crippen molar-refractivity contribution in [1.82, 2.24) is 5.32 Å². The highest BCUT2D eigenvalue weighted by molar-refractivity contribution is 6.05. The van der Waals surface area contributed by atoms with Crippen molar-refractivity contribution in [3.8, 4) is 0 Å². The second-order valence-corrected chi connectivity index (χ2v) is 4.05. The predicted octanol–water partition coefficient (Wildman–Crippen LogP) is 1.82. The van der Waals surface area contributed by atoms with Gasteiger partial charge in [-0.2, -0.15) is 0 Å². The van der Waals surface area contributed by atoms with Crippen LogP contribution >= 0.6 is 0 Å². The van der Waals surface area contributed by atoms with Gasteiger partial charge in [-0.3, -0.25) is 14.9 Å². The zero-order valence-electron chi connectivity index (χ0n) is 10.6. The Morgan fingerprint density at radius 3 is 2.62 bits per heavy atom. The Morgan fingerprint density at radius 2 is 2.05 bits per heavy atom. The summed E-state index contributed by atoms with van der Waals surface area (Å²) in [6.07, 6.45) is 1.44. The zero-order valence-corrected chi connectivity index (χ0v) is 10.6. The van der Waals surface area contributed by atoms with Gasteiger partial charge in [-0.25, -0.2) is 4.79 Å². The third-order valence-electron chi connectivity index (χ3n) is 2.69. The van der Waals surface area contributed by atoms with E-state index in [9.17, 15) is 19.7 Å². The van der Waals surface area contributed by atoms with Gasteiger partial charge in [-0.15, -0.1) is 0 Å². The van der Waals surface area contributed by atoms with E-state index in [0.29, 0.717) is 5.76 Å². The fourth-order valence-corrected chi connectivity index (χ4v) is 1.70. The molecule has 0 bridgehead atoms. The van der Waals surface area contributed by atoms with Gasteiger partial charge in [-0.1, -0.05) is 0 Å². The van der Waals surface area contributed by atoms with Crippen molar-refractivity contribution in [2.24, 2.45) is 0 Å². The third kappa shape index (κ3) is 3.24. The van der Waals surface area contributed by atoms with E-state index in [4.69, 9.17) is 9.52 Å². The lowest BCUT2D eigenvalue weighted by molar-refractivity contribution is -0.384. The Kier molecular flexibility index (Phi) is 3.98. The maximum atomic E-state index is 12.0. The standard InChI is InChI=1S/C13H10N2O6/c16-12(14-7-9-2-1-5-21-9)10-4-3-8(15(19)20)6-11(10)13(17)18/h1-6H,7H2,(H,14,16)(H,17,18). The third-order valence-corrected chi connectivity index (χ3v) is 2.69. The molecule has 0 aliphatic carbocycles. The number of carbonyl (C=O) groups excluding carboxylic acids is 1. The maximum absolute atomic E-state index is 12.0. The maximum Gasteiger partial charge on any atom is 0.336 e. The molecule has 1 aromatic heterocycles. The lowest BCUT2D eigenvalue weighted by Gasteiger charge is -2.06. The average molecular weight is 290 g/mol. The number of nitrogens with zero attached hydrogens (tertiary/aromatic N) is 1. The van der Waals surface area contributed by atoms with Crippen LogP contribution in [0.2, 0.25) is 0 Å². The highest BCUT2D eigenvalue weighted by atomic mass is 16.6. The van der Waals surface area contributed by atoms with Crippen molar-refractivity contribution in [3.63, 3.8) is 0 Å². The number of furan rings is 1. The quantitative estimate of drug-likeness (QED) is 0.639. The summed E-state index contributed by atoms with van der Waals surface area (Å²) in [6.45, 7) is 0.0852. The number of carboxylic acids is 1. The van der Waals surface area contributed by atoms with Gasteiger partial charge in [0, 0.05) is 12.1 Å². The lowest BCUT2D eigenvalue weighted by atomic mass is 10.1. The molecule has 0 spiro atoms. The Balaban J connectivity index is 2.23. The summed E-state index contributed by atoms with van der Waals surface area (Å²) in [7, 11) is 0. The summed E-state index contributed by atoms with van der Waals surface area (Å²) < 4.78 is 5.03. The average Bonchev–Trinajstić information content (AvgIpc) is 2.97. The van der Waals surface area contributed by atoms with Gasteiger partial charge in [0.1, 0.15) is 5.76 Å².